The standard InChI is InChI=1S/C21H22N6O5S/c1-21(11-27-19(32-21)16(10-25-27)33(22,23)29)20(28)26-18-13(3-4-15-14(18)6-8-31-15)12-5-7-24-17(9-12)30-2/h3-5,7,9-10H,6,8,11H2,1-2H3,(H,26,28)(H3,22,23,29). The van der Waals surface area contributed by atoms with Crippen LogP contribution < -0.4 is 24.7 Å². The van der Waals surface area contributed by atoms with Crippen molar-refractivity contribution < 1.29 is 23.2 Å². The smallest absolute Gasteiger partial charge is 0.270 e. The summed E-state index contributed by atoms with van der Waals surface area (Å²) in [7, 11) is -2.01. The Hall–Kier alpha value is -3.64. The Morgan fingerprint density at radius 1 is 1.39 bits per heavy atom. The van der Waals surface area contributed by atoms with Crippen molar-refractivity contribution in [1.29, 1.82) is 4.78 Å². The molecule has 4 N–H and O–H groups in total. The number of hydrogen-bond donors (Lipinski definition) is 3. The topological polar surface area (TPSA) is 154 Å². The Labute approximate surface area is 190 Å². The molecule has 0 saturated carbocycles. The first-order valence-corrected chi connectivity index (χ1v) is 11.7. The molecule has 0 bridgehead atoms. The van der Waals surface area contributed by atoms with Gasteiger partial charge in [0, 0.05) is 29.8 Å². The van der Waals surface area contributed by atoms with Gasteiger partial charge in [0.1, 0.15) is 20.6 Å². The number of nitrogens with one attached hydrogen (secondary N) is 2. The third-order valence-electron chi connectivity index (χ3n) is 5.71. The summed E-state index contributed by atoms with van der Waals surface area (Å²) in [5, 5.41) is 12.6. The summed E-state index contributed by atoms with van der Waals surface area (Å²) in [6.45, 7) is 2.20. The molecular weight excluding hydrogens is 448 g/mol. The van der Waals surface area contributed by atoms with E-state index < -0.39 is 21.4 Å². The van der Waals surface area contributed by atoms with Crippen molar-refractivity contribution in [3.05, 3.63) is 42.2 Å². The molecular formula is C21H22N6O5S. The van der Waals surface area contributed by atoms with Crippen LogP contribution in [0.15, 0.2) is 41.6 Å². The summed E-state index contributed by atoms with van der Waals surface area (Å²) in [6, 6.07) is 7.37. The van der Waals surface area contributed by atoms with E-state index in [1.54, 1.807) is 19.2 Å². The monoisotopic (exact) mass is 470 g/mol. The molecule has 2 unspecified atom stereocenters. The maximum absolute atomic E-state index is 13.5. The molecule has 0 aliphatic carbocycles. The first-order chi connectivity index (χ1) is 15.7. The van der Waals surface area contributed by atoms with Gasteiger partial charge in [-0.2, -0.15) is 5.10 Å². The third-order valence-corrected chi connectivity index (χ3v) is 6.65. The lowest BCUT2D eigenvalue weighted by Crippen LogP contribution is -2.45. The fourth-order valence-electron chi connectivity index (χ4n) is 4.02. The number of hydrogen-bond acceptors (Lipinski definition) is 8. The molecule has 2 aromatic heterocycles. The van der Waals surface area contributed by atoms with Gasteiger partial charge in [-0.05, 0) is 30.7 Å². The van der Waals surface area contributed by atoms with E-state index in [9.17, 15) is 9.00 Å². The zero-order chi connectivity index (χ0) is 23.4. The van der Waals surface area contributed by atoms with Crippen LogP contribution in [0, 0.1) is 4.78 Å². The highest BCUT2D eigenvalue weighted by atomic mass is 32.2. The Morgan fingerprint density at radius 3 is 2.97 bits per heavy atom. The van der Waals surface area contributed by atoms with Gasteiger partial charge < -0.3 is 19.5 Å². The highest BCUT2D eigenvalue weighted by Gasteiger charge is 2.45. The molecule has 2 aliphatic heterocycles. The largest absolute Gasteiger partial charge is 0.493 e. The average molecular weight is 471 g/mol. The second kappa shape index (κ2) is 7.46. The molecule has 0 saturated heterocycles. The van der Waals surface area contributed by atoms with Gasteiger partial charge in [0.15, 0.2) is 0 Å². The summed E-state index contributed by atoms with van der Waals surface area (Å²) in [5.74, 6) is 0.803. The van der Waals surface area contributed by atoms with Crippen LogP contribution in [0.25, 0.3) is 11.1 Å². The molecule has 2 atom stereocenters. The van der Waals surface area contributed by atoms with Crippen LogP contribution in [-0.4, -0.2) is 44.2 Å². The maximum atomic E-state index is 13.5. The van der Waals surface area contributed by atoms with Crippen LogP contribution in [0.2, 0.25) is 0 Å². The normalized spacial score (nSPS) is 20.2. The lowest BCUT2D eigenvalue weighted by atomic mass is 9.98. The number of benzene rings is 1. The number of anilines is 1. The molecule has 172 valence electrons. The zero-order valence-electron chi connectivity index (χ0n) is 18.0. The van der Waals surface area contributed by atoms with Crippen LogP contribution in [0.5, 0.6) is 17.5 Å². The summed E-state index contributed by atoms with van der Waals surface area (Å²) in [5.41, 5.74) is 1.74. The highest BCUT2D eigenvalue weighted by Crippen LogP contribution is 2.41. The fraction of sp³-hybridized carbons (Fsp3) is 0.286. The Bertz CT molecular complexity index is 1390. The van der Waals surface area contributed by atoms with Gasteiger partial charge in [0.2, 0.25) is 17.4 Å². The fourth-order valence-corrected chi connectivity index (χ4v) is 4.63. The van der Waals surface area contributed by atoms with Crippen molar-refractivity contribution in [3.63, 3.8) is 0 Å². The van der Waals surface area contributed by atoms with Crippen molar-refractivity contribution in [2.45, 2.75) is 30.4 Å². The van der Waals surface area contributed by atoms with Gasteiger partial charge >= 0.3 is 0 Å². The Morgan fingerprint density at radius 2 is 2.21 bits per heavy atom. The van der Waals surface area contributed by atoms with Crippen LogP contribution in [0.3, 0.4) is 0 Å². The van der Waals surface area contributed by atoms with Crippen molar-refractivity contribution in [2.75, 3.05) is 19.0 Å². The SMILES string of the molecule is COc1cc(-c2ccc3c(c2NC(=O)C2(C)Cn4ncc(S(=N)(N)=O)c4O2)CCO3)ccn1. The quantitative estimate of drug-likeness (QED) is 0.515. The van der Waals surface area contributed by atoms with Crippen LogP contribution in [-0.2, 0) is 27.7 Å². The summed E-state index contributed by atoms with van der Waals surface area (Å²) < 4.78 is 37.9. The molecule has 2 aliphatic rings. The predicted molar refractivity (Wildman–Crippen MR) is 119 cm³/mol. The number of pyridine rings is 1. The van der Waals surface area contributed by atoms with Gasteiger partial charge in [-0.3, -0.25) is 4.79 Å². The molecule has 0 radical (unpaired) electrons. The first kappa shape index (κ1) is 21.2. The van der Waals surface area contributed by atoms with Crippen LogP contribution >= 0.6 is 0 Å². The van der Waals surface area contributed by atoms with E-state index >= 15 is 0 Å². The number of carbonyl (C=O) groups is 1. The first-order valence-electron chi connectivity index (χ1n) is 10.1. The van der Waals surface area contributed by atoms with E-state index in [1.165, 1.54) is 18.0 Å². The summed E-state index contributed by atoms with van der Waals surface area (Å²) in [4.78, 5) is 17.6. The van der Waals surface area contributed by atoms with Gasteiger partial charge in [0.05, 0.1) is 32.1 Å². The minimum Gasteiger partial charge on any atom is -0.493 e. The van der Waals surface area contributed by atoms with Gasteiger partial charge in [-0.1, -0.05) is 0 Å². The number of nitrogens with zero attached hydrogens (tertiary/aromatic N) is 3. The van der Waals surface area contributed by atoms with E-state index in [1.807, 2.05) is 18.2 Å². The molecule has 4 heterocycles. The molecule has 5 rings (SSSR count). The minimum atomic E-state index is -3.55. The highest BCUT2D eigenvalue weighted by molar-refractivity contribution is 7.90. The predicted octanol–water partition coefficient (Wildman–Crippen LogP) is 1.96. The number of ether oxygens (including phenoxy) is 3. The molecule has 3 aromatic rings. The third kappa shape index (κ3) is 3.56. The van der Waals surface area contributed by atoms with Gasteiger partial charge in [-0.15, -0.1) is 0 Å². The zero-order valence-corrected chi connectivity index (χ0v) is 18.8. The van der Waals surface area contributed by atoms with E-state index in [4.69, 9.17) is 24.1 Å². The van der Waals surface area contributed by atoms with Crippen molar-refractivity contribution >= 4 is 21.5 Å². The maximum Gasteiger partial charge on any atom is 0.270 e. The summed E-state index contributed by atoms with van der Waals surface area (Å²) >= 11 is 0. The van der Waals surface area contributed by atoms with Crippen molar-refractivity contribution in [3.8, 4) is 28.6 Å². The van der Waals surface area contributed by atoms with E-state index in [0.717, 1.165) is 16.7 Å². The number of fused-ring (bicyclic) bond motifs is 2. The molecule has 1 aromatic carbocycles. The number of aromatic nitrogens is 3. The number of methoxy groups -OCH3 is 1. The van der Waals surface area contributed by atoms with E-state index in [2.05, 4.69) is 15.4 Å². The molecule has 12 heteroatoms. The second-order valence-corrected chi connectivity index (χ2v) is 9.65. The Kier molecular flexibility index (Phi) is 4.79. The molecule has 0 fully saturated rings. The molecule has 0 spiro atoms. The van der Waals surface area contributed by atoms with Crippen molar-refractivity contribution in [2.24, 2.45) is 5.14 Å². The lowest BCUT2D eigenvalue weighted by Gasteiger charge is -2.24. The molecule has 1 amide bonds. The lowest BCUT2D eigenvalue weighted by molar-refractivity contribution is -0.128. The van der Waals surface area contributed by atoms with Gasteiger partial charge in [0.25, 0.3) is 5.91 Å². The van der Waals surface area contributed by atoms with Crippen LogP contribution in [0.4, 0.5) is 5.69 Å². The average Bonchev–Trinajstić information content (AvgIpc) is 3.48. The van der Waals surface area contributed by atoms with Crippen LogP contribution in [0.1, 0.15) is 12.5 Å². The number of nitrogens with two attached hydrogens (primary N) is 1. The van der Waals surface area contributed by atoms with E-state index in [0.29, 0.717) is 30.3 Å². The molecule has 11 nitrogen and oxygen atoms in total. The minimum absolute atomic E-state index is 0.0439. The van der Waals surface area contributed by atoms with E-state index in [-0.39, 0.29) is 17.3 Å². The van der Waals surface area contributed by atoms with Crippen molar-refractivity contribution in [1.82, 2.24) is 14.8 Å². The number of carbonyl (C=O) groups excluding carboxylic acids is 1. The summed E-state index contributed by atoms with van der Waals surface area (Å²) in [6.07, 6.45) is 3.51. The second-order valence-electron chi connectivity index (χ2n) is 8.01. The number of rotatable bonds is 5. The Balaban J connectivity index is 1.51. The number of amides is 1. The molecule has 33 heavy (non-hydrogen) atoms. The van der Waals surface area contributed by atoms with Gasteiger partial charge in [-0.25, -0.2) is 23.8 Å².